The van der Waals surface area contributed by atoms with E-state index in [0.717, 1.165) is 25.7 Å². The Hall–Kier alpha value is -1.26. The average molecular weight is 270 g/mol. The molecule has 110 valence electrons. The predicted molar refractivity (Wildman–Crippen MR) is 74.1 cm³/mol. The van der Waals surface area contributed by atoms with Gasteiger partial charge in [-0.2, -0.15) is 0 Å². The van der Waals surface area contributed by atoms with Crippen LogP contribution in [-0.4, -0.2) is 41.6 Å². The number of amides is 2. The third-order valence-electron chi connectivity index (χ3n) is 3.79. The van der Waals surface area contributed by atoms with Crippen LogP contribution in [0.2, 0.25) is 0 Å². The molecule has 2 N–H and O–H groups in total. The molecular weight excluding hydrogens is 244 g/mol. The van der Waals surface area contributed by atoms with Gasteiger partial charge in [-0.3, -0.25) is 4.79 Å². The number of nitrogens with zero attached hydrogens (tertiary/aromatic N) is 1. The van der Waals surface area contributed by atoms with E-state index in [1.54, 1.807) is 0 Å². The van der Waals surface area contributed by atoms with Gasteiger partial charge in [-0.05, 0) is 25.7 Å². The van der Waals surface area contributed by atoms with Gasteiger partial charge in [-0.1, -0.05) is 25.7 Å². The molecule has 5 heteroatoms. The van der Waals surface area contributed by atoms with Gasteiger partial charge < -0.3 is 15.3 Å². The van der Waals surface area contributed by atoms with E-state index in [1.165, 1.54) is 19.3 Å². The maximum absolute atomic E-state index is 11.9. The third-order valence-corrected chi connectivity index (χ3v) is 3.79. The Morgan fingerprint density at radius 1 is 1.16 bits per heavy atom. The molecule has 0 aliphatic heterocycles. The van der Waals surface area contributed by atoms with E-state index < -0.39 is 5.97 Å². The molecule has 1 saturated carbocycles. The Balaban J connectivity index is 2.07. The molecule has 1 aliphatic rings. The van der Waals surface area contributed by atoms with E-state index in [4.69, 9.17) is 5.11 Å². The largest absolute Gasteiger partial charge is 0.481 e. The summed E-state index contributed by atoms with van der Waals surface area (Å²) in [6.45, 7) is 0.634. The molecule has 1 fully saturated rings. The Kier molecular flexibility index (Phi) is 7.30. The van der Waals surface area contributed by atoms with Crippen molar-refractivity contribution in [3.05, 3.63) is 0 Å². The number of carboxylic acid groups (broad SMARTS) is 1. The minimum absolute atomic E-state index is 0.00475. The van der Waals surface area contributed by atoms with Gasteiger partial charge in [0.25, 0.3) is 0 Å². The molecule has 0 aromatic carbocycles. The molecule has 0 heterocycles. The van der Waals surface area contributed by atoms with Crippen LogP contribution in [0.3, 0.4) is 0 Å². The smallest absolute Gasteiger partial charge is 0.317 e. The summed E-state index contributed by atoms with van der Waals surface area (Å²) < 4.78 is 0. The summed E-state index contributed by atoms with van der Waals surface area (Å²) in [5.41, 5.74) is 0. The molecule has 1 aliphatic carbocycles. The monoisotopic (exact) mass is 270 g/mol. The van der Waals surface area contributed by atoms with Gasteiger partial charge >= 0.3 is 12.0 Å². The highest BCUT2D eigenvalue weighted by atomic mass is 16.4. The summed E-state index contributed by atoms with van der Waals surface area (Å²) in [7, 11) is 1.87. The first-order chi connectivity index (χ1) is 9.11. The summed E-state index contributed by atoms with van der Waals surface area (Å²) in [6.07, 6.45) is 8.55. The fraction of sp³-hybridized carbons (Fsp3) is 0.857. The van der Waals surface area contributed by atoms with Crippen molar-refractivity contribution in [3.63, 3.8) is 0 Å². The number of unbranched alkanes of at least 4 members (excludes halogenated alkanes) is 2. The van der Waals surface area contributed by atoms with Crippen LogP contribution < -0.4 is 5.32 Å². The molecule has 0 aromatic heterocycles. The quantitative estimate of drug-likeness (QED) is 0.699. The van der Waals surface area contributed by atoms with Crippen LogP contribution in [-0.2, 0) is 4.79 Å². The third kappa shape index (κ3) is 6.45. The van der Waals surface area contributed by atoms with Crippen LogP contribution in [0.5, 0.6) is 0 Å². The summed E-state index contributed by atoms with van der Waals surface area (Å²) in [6, 6.07) is 0.394. The topological polar surface area (TPSA) is 69.6 Å². The zero-order valence-electron chi connectivity index (χ0n) is 11.9. The fourth-order valence-electron chi connectivity index (χ4n) is 2.53. The molecule has 0 radical (unpaired) electrons. The molecule has 5 nitrogen and oxygen atoms in total. The standard InChI is InChI=1S/C14H26N2O3/c1-16(12-8-4-2-5-9-12)14(19)15-11-7-3-6-10-13(17)18/h12H,2-11H2,1H3,(H,15,19)(H,17,18). The van der Waals surface area contributed by atoms with Crippen molar-refractivity contribution in [2.45, 2.75) is 63.8 Å². The van der Waals surface area contributed by atoms with Crippen LogP contribution in [0.1, 0.15) is 57.8 Å². The minimum atomic E-state index is -0.749. The number of carbonyl (C=O) groups is 2. The lowest BCUT2D eigenvalue weighted by Crippen LogP contribution is -2.44. The van der Waals surface area contributed by atoms with Crippen molar-refractivity contribution in [3.8, 4) is 0 Å². The van der Waals surface area contributed by atoms with Gasteiger partial charge in [0.1, 0.15) is 0 Å². The Labute approximate surface area is 115 Å². The maximum atomic E-state index is 11.9. The highest BCUT2D eigenvalue weighted by molar-refractivity contribution is 5.74. The van der Waals surface area contributed by atoms with Gasteiger partial charge in [0.05, 0.1) is 0 Å². The van der Waals surface area contributed by atoms with Crippen molar-refractivity contribution in [2.24, 2.45) is 0 Å². The fourth-order valence-corrected chi connectivity index (χ4v) is 2.53. The minimum Gasteiger partial charge on any atom is -0.481 e. The number of urea groups is 1. The van der Waals surface area contributed by atoms with E-state index in [0.29, 0.717) is 19.0 Å². The van der Waals surface area contributed by atoms with Crippen molar-refractivity contribution in [1.29, 1.82) is 0 Å². The Bertz CT molecular complexity index is 288. The van der Waals surface area contributed by atoms with Crippen molar-refractivity contribution < 1.29 is 14.7 Å². The zero-order chi connectivity index (χ0) is 14.1. The zero-order valence-corrected chi connectivity index (χ0v) is 11.9. The van der Waals surface area contributed by atoms with Crippen LogP contribution in [0, 0.1) is 0 Å². The number of nitrogens with one attached hydrogen (secondary N) is 1. The van der Waals surface area contributed by atoms with Crippen molar-refractivity contribution >= 4 is 12.0 Å². The van der Waals surface area contributed by atoms with E-state index >= 15 is 0 Å². The van der Waals surface area contributed by atoms with E-state index in [9.17, 15) is 9.59 Å². The maximum Gasteiger partial charge on any atom is 0.317 e. The lowest BCUT2D eigenvalue weighted by Gasteiger charge is -2.31. The first-order valence-electron chi connectivity index (χ1n) is 7.33. The van der Waals surface area contributed by atoms with Gasteiger partial charge in [0.2, 0.25) is 0 Å². The summed E-state index contributed by atoms with van der Waals surface area (Å²) >= 11 is 0. The number of aliphatic carboxylic acids is 1. The average Bonchev–Trinajstić information content (AvgIpc) is 2.42. The molecule has 2 amide bonds. The number of hydrogen-bond donors (Lipinski definition) is 2. The van der Waals surface area contributed by atoms with Crippen molar-refractivity contribution in [1.82, 2.24) is 10.2 Å². The first-order valence-corrected chi connectivity index (χ1v) is 7.33. The van der Waals surface area contributed by atoms with Gasteiger partial charge in [0.15, 0.2) is 0 Å². The molecular formula is C14H26N2O3. The normalized spacial score (nSPS) is 16.1. The molecule has 0 unspecified atom stereocenters. The molecule has 0 atom stereocenters. The molecule has 0 aromatic rings. The van der Waals surface area contributed by atoms with Crippen LogP contribution in [0.4, 0.5) is 4.79 Å². The van der Waals surface area contributed by atoms with Crippen LogP contribution in [0.25, 0.3) is 0 Å². The van der Waals surface area contributed by atoms with Crippen LogP contribution in [0.15, 0.2) is 0 Å². The number of hydrogen-bond acceptors (Lipinski definition) is 2. The molecule has 0 saturated heterocycles. The highest BCUT2D eigenvalue weighted by Crippen LogP contribution is 2.21. The molecule has 1 rings (SSSR count). The van der Waals surface area contributed by atoms with Crippen LogP contribution >= 0.6 is 0 Å². The molecule has 0 spiro atoms. The Morgan fingerprint density at radius 3 is 2.47 bits per heavy atom. The number of carbonyl (C=O) groups excluding carboxylic acids is 1. The van der Waals surface area contributed by atoms with Gasteiger partial charge in [-0.25, -0.2) is 4.79 Å². The lowest BCUT2D eigenvalue weighted by atomic mass is 9.95. The second-order valence-electron chi connectivity index (χ2n) is 5.34. The summed E-state index contributed by atoms with van der Waals surface area (Å²) in [5.74, 6) is -0.749. The van der Waals surface area contributed by atoms with Gasteiger partial charge in [0, 0.05) is 26.1 Å². The Morgan fingerprint density at radius 2 is 1.84 bits per heavy atom. The summed E-state index contributed by atoms with van der Waals surface area (Å²) in [4.78, 5) is 24.1. The number of carboxylic acids is 1. The van der Waals surface area contributed by atoms with Crippen molar-refractivity contribution in [2.75, 3.05) is 13.6 Å². The second kappa shape index (κ2) is 8.77. The first kappa shape index (κ1) is 15.8. The predicted octanol–water partition coefficient (Wildman–Crippen LogP) is 2.61. The highest BCUT2D eigenvalue weighted by Gasteiger charge is 2.21. The SMILES string of the molecule is CN(C(=O)NCCCCCC(=O)O)C1CCCCC1. The molecule has 19 heavy (non-hydrogen) atoms. The van der Waals surface area contributed by atoms with E-state index in [1.807, 2.05) is 11.9 Å². The van der Waals surface area contributed by atoms with E-state index in [-0.39, 0.29) is 12.5 Å². The summed E-state index contributed by atoms with van der Waals surface area (Å²) in [5, 5.41) is 11.4. The second-order valence-corrected chi connectivity index (χ2v) is 5.34. The van der Waals surface area contributed by atoms with E-state index in [2.05, 4.69) is 5.32 Å². The number of rotatable bonds is 7. The lowest BCUT2D eigenvalue weighted by molar-refractivity contribution is -0.137. The molecule has 0 bridgehead atoms. The van der Waals surface area contributed by atoms with Gasteiger partial charge in [-0.15, -0.1) is 0 Å².